The average molecular weight is 181 g/mol. The third-order valence-corrected chi connectivity index (χ3v) is 3.08. The number of carbonyl (C=O) groups is 1. The summed E-state index contributed by atoms with van der Waals surface area (Å²) >= 11 is 0. The highest BCUT2D eigenvalue weighted by Crippen LogP contribution is 2.43. The Morgan fingerprint density at radius 3 is 2.77 bits per heavy atom. The first-order valence-electron chi connectivity index (χ1n) is 4.84. The molecule has 0 aromatic rings. The summed E-state index contributed by atoms with van der Waals surface area (Å²) < 4.78 is 5.00. The number of hydrogen-bond donors (Lipinski definition) is 1. The van der Waals surface area contributed by atoms with E-state index < -0.39 is 0 Å². The van der Waals surface area contributed by atoms with Gasteiger partial charge in [-0.05, 0) is 25.2 Å². The molecule has 0 amide bonds. The molecule has 2 aliphatic rings. The molecule has 72 valence electrons. The fourth-order valence-electron chi connectivity index (χ4n) is 2.43. The lowest BCUT2D eigenvalue weighted by Crippen LogP contribution is -2.39. The molecule has 0 aromatic heterocycles. The molecule has 4 atom stereocenters. The Kier molecular flexibility index (Phi) is 2.12. The van der Waals surface area contributed by atoms with Gasteiger partial charge in [0.05, 0.1) is 12.5 Å². The molecule has 0 aliphatic heterocycles. The maximum atomic E-state index is 11.5. The van der Waals surface area contributed by atoms with Gasteiger partial charge in [-0.25, -0.2) is 0 Å². The number of ether oxygens (including phenoxy) is 1. The van der Waals surface area contributed by atoms with Crippen molar-refractivity contribution in [2.75, 3.05) is 6.61 Å². The van der Waals surface area contributed by atoms with Gasteiger partial charge in [-0.3, -0.25) is 4.79 Å². The Morgan fingerprint density at radius 1 is 1.54 bits per heavy atom. The van der Waals surface area contributed by atoms with Crippen LogP contribution in [0.1, 0.15) is 13.3 Å². The molecule has 0 unspecified atom stereocenters. The number of allylic oxidation sites excluding steroid dienone is 1. The van der Waals surface area contributed by atoms with E-state index in [4.69, 9.17) is 10.5 Å². The maximum Gasteiger partial charge on any atom is 0.311 e. The second-order valence-corrected chi connectivity index (χ2v) is 3.80. The van der Waals surface area contributed by atoms with E-state index in [0.717, 1.165) is 6.42 Å². The highest BCUT2D eigenvalue weighted by atomic mass is 16.5. The normalized spacial score (nSPS) is 41.1. The molecular weight excluding hydrogens is 166 g/mol. The second kappa shape index (κ2) is 3.14. The van der Waals surface area contributed by atoms with Crippen molar-refractivity contribution in [3.05, 3.63) is 12.2 Å². The van der Waals surface area contributed by atoms with Gasteiger partial charge in [0.25, 0.3) is 0 Å². The van der Waals surface area contributed by atoms with E-state index in [0.29, 0.717) is 18.4 Å². The predicted molar refractivity (Wildman–Crippen MR) is 48.8 cm³/mol. The van der Waals surface area contributed by atoms with E-state index in [1.807, 2.05) is 6.92 Å². The minimum absolute atomic E-state index is 0.0194. The zero-order chi connectivity index (χ0) is 9.42. The molecule has 3 heteroatoms. The van der Waals surface area contributed by atoms with Crippen LogP contribution >= 0.6 is 0 Å². The summed E-state index contributed by atoms with van der Waals surface area (Å²) in [5.74, 6) is 0.528. The van der Waals surface area contributed by atoms with Crippen molar-refractivity contribution >= 4 is 5.97 Å². The minimum Gasteiger partial charge on any atom is -0.466 e. The molecule has 3 nitrogen and oxygen atoms in total. The minimum atomic E-state index is -0.119. The van der Waals surface area contributed by atoms with Gasteiger partial charge in [0.15, 0.2) is 0 Å². The quantitative estimate of drug-likeness (QED) is 0.504. The highest BCUT2D eigenvalue weighted by Gasteiger charge is 2.46. The molecule has 2 N–H and O–H groups in total. The van der Waals surface area contributed by atoms with E-state index in [2.05, 4.69) is 12.2 Å². The van der Waals surface area contributed by atoms with Gasteiger partial charge in [0.2, 0.25) is 0 Å². The number of esters is 1. The SMILES string of the molecule is CCOC(=O)[C@@H]1[C@H](N)[C@@H]2C=C[C@H]1C2. The molecule has 13 heavy (non-hydrogen) atoms. The Hall–Kier alpha value is -0.830. The summed E-state index contributed by atoms with van der Waals surface area (Å²) in [5.41, 5.74) is 5.94. The molecule has 1 fully saturated rings. The van der Waals surface area contributed by atoms with Gasteiger partial charge in [-0.2, -0.15) is 0 Å². The van der Waals surface area contributed by atoms with Crippen molar-refractivity contribution in [3.63, 3.8) is 0 Å². The van der Waals surface area contributed by atoms with Crippen LogP contribution in [0.4, 0.5) is 0 Å². The van der Waals surface area contributed by atoms with E-state index in [9.17, 15) is 4.79 Å². The highest BCUT2D eigenvalue weighted by molar-refractivity contribution is 5.75. The van der Waals surface area contributed by atoms with E-state index in [1.54, 1.807) is 0 Å². The van der Waals surface area contributed by atoms with Crippen molar-refractivity contribution in [1.82, 2.24) is 0 Å². The molecule has 0 aromatic carbocycles. The first-order chi connectivity index (χ1) is 6.24. The van der Waals surface area contributed by atoms with E-state index in [-0.39, 0.29) is 17.9 Å². The Balaban J connectivity index is 2.08. The summed E-state index contributed by atoms with van der Waals surface area (Å²) in [5, 5.41) is 0. The van der Waals surface area contributed by atoms with Crippen LogP contribution in [-0.4, -0.2) is 18.6 Å². The van der Waals surface area contributed by atoms with E-state index in [1.165, 1.54) is 0 Å². The topological polar surface area (TPSA) is 52.3 Å². The fourth-order valence-corrected chi connectivity index (χ4v) is 2.43. The average Bonchev–Trinajstić information content (AvgIpc) is 2.63. The smallest absolute Gasteiger partial charge is 0.311 e. The second-order valence-electron chi connectivity index (χ2n) is 3.80. The lowest BCUT2D eigenvalue weighted by atomic mass is 9.90. The van der Waals surface area contributed by atoms with E-state index >= 15 is 0 Å². The first-order valence-corrected chi connectivity index (χ1v) is 4.84. The summed E-state index contributed by atoms with van der Waals surface area (Å²) in [6, 6.07) is -0.0194. The lowest BCUT2D eigenvalue weighted by Gasteiger charge is -2.22. The molecule has 2 aliphatic carbocycles. The zero-order valence-corrected chi connectivity index (χ0v) is 7.77. The van der Waals surface area contributed by atoms with Crippen LogP contribution in [0.3, 0.4) is 0 Å². The molecule has 0 saturated heterocycles. The monoisotopic (exact) mass is 181 g/mol. The summed E-state index contributed by atoms with van der Waals surface area (Å²) in [6.45, 7) is 2.27. The fraction of sp³-hybridized carbons (Fsp3) is 0.700. The number of carbonyl (C=O) groups excluding carboxylic acids is 1. The summed E-state index contributed by atoms with van der Waals surface area (Å²) in [7, 11) is 0. The van der Waals surface area contributed by atoms with Crippen LogP contribution in [0.2, 0.25) is 0 Å². The van der Waals surface area contributed by atoms with Crippen molar-refractivity contribution in [2.24, 2.45) is 23.5 Å². The van der Waals surface area contributed by atoms with Crippen molar-refractivity contribution in [2.45, 2.75) is 19.4 Å². The number of nitrogens with two attached hydrogens (primary N) is 1. The molecule has 2 rings (SSSR count). The zero-order valence-electron chi connectivity index (χ0n) is 7.77. The van der Waals surface area contributed by atoms with Gasteiger partial charge >= 0.3 is 5.97 Å². The predicted octanol–water partition coefficient (Wildman–Crippen LogP) is 0.699. The van der Waals surface area contributed by atoms with Crippen LogP contribution in [0.25, 0.3) is 0 Å². The Labute approximate surface area is 77.9 Å². The van der Waals surface area contributed by atoms with Crippen molar-refractivity contribution < 1.29 is 9.53 Å². The summed E-state index contributed by atoms with van der Waals surface area (Å²) in [6.07, 6.45) is 5.27. The standard InChI is InChI=1S/C10H15NO2/c1-2-13-10(12)8-6-3-4-7(5-6)9(8)11/h3-4,6-9H,2,5,11H2,1H3/t6-,7+,8-,9+/m0/s1. The molecule has 1 saturated carbocycles. The van der Waals surface area contributed by atoms with Crippen LogP contribution in [0.5, 0.6) is 0 Å². The third kappa shape index (κ3) is 1.27. The van der Waals surface area contributed by atoms with Crippen LogP contribution in [-0.2, 0) is 9.53 Å². The van der Waals surface area contributed by atoms with Gasteiger partial charge in [0.1, 0.15) is 0 Å². The van der Waals surface area contributed by atoms with Gasteiger partial charge in [0, 0.05) is 6.04 Å². The van der Waals surface area contributed by atoms with Gasteiger partial charge in [-0.1, -0.05) is 12.2 Å². The molecule has 0 spiro atoms. The molecular formula is C10H15NO2. The van der Waals surface area contributed by atoms with Crippen LogP contribution < -0.4 is 5.73 Å². The van der Waals surface area contributed by atoms with Gasteiger partial charge in [-0.15, -0.1) is 0 Å². The van der Waals surface area contributed by atoms with Gasteiger partial charge < -0.3 is 10.5 Å². The lowest BCUT2D eigenvalue weighted by molar-refractivity contribution is -0.149. The van der Waals surface area contributed by atoms with Crippen LogP contribution in [0, 0.1) is 17.8 Å². The third-order valence-electron chi connectivity index (χ3n) is 3.08. The molecule has 0 radical (unpaired) electrons. The number of hydrogen-bond acceptors (Lipinski definition) is 3. The van der Waals surface area contributed by atoms with Crippen LogP contribution in [0.15, 0.2) is 12.2 Å². The summed E-state index contributed by atoms with van der Waals surface area (Å²) in [4.78, 5) is 11.5. The first kappa shape index (κ1) is 8.75. The Bertz CT molecular complexity index is 249. The van der Waals surface area contributed by atoms with Crippen molar-refractivity contribution in [1.29, 1.82) is 0 Å². The number of rotatable bonds is 2. The number of fused-ring (bicyclic) bond motifs is 2. The molecule has 0 heterocycles. The Morgan fingerprint density at radius 2 is 2.23 bits per heavy atom. The largest absolute Gasteiger partial charge is 0.466 e. The maximum absolute atomic E-state index is 11.5. The van der Waals surface area contributed by atoms with Crippen molar-refractivity contribution in [3.8, 4) is 0 Å². The molecule has 2 bridgehead atoms.